The molecule has 0 radical (unpaired) electrons. The lowest BCUT2D eigenvalue weighted by Crippen LogP contribution is -3.00. The highest BCUT2D eigenvalue weighted by Gasteiger charge is 2.22. The monoisotopic (exact) mass is 319 g/mol. The van der Waals surface area contributed by atoms with Crippen molar-refractivity contribution in [1.82, 2.24) is 4.57 Å². The zero-order valence-corrected chi connectivity index (χ0v) is 13.0. The molecule has 112 valence electrons. The smallest absolute Gasteiger partial charge is 0.335 e. The molecular weight excluding hydrogens is 301 g/mol. The predicted octanol–water partition coefficient (Wildman–Crippen LogP) is -1.45. The Balaban J connectivity index is 0.00000180. The second kappa shape index (κ2) is 7.47. The fraction of sp³-hybridized carbons (Fsp3) is 0.385. The van der Waals surface area contributed by atoms with E-state index in [1.54, 1.807) is 12.1 Å². The van der Waals surface area contributed by atoms with Gasteiger partial charge in [0.05, 0.1) is 25.2 Å². The van der Waals surface area contributed by atoms with E-state index < -0.39 is 5.97 Å². The number of hydrogen-bond acceptors (Lipinski definition) is 2. The number of carbonyl (C=O) groups is 1. The number of carboxylic acids is 1. The van der Waals surface area contributed by atoms with Gasteiger partial charge in [-0.05, 0) is 26.0 Å². The highest BCUT2D eigenvalue weighted by atomic mass is 35.5. The maximum atomic E-state index is 11.0. The number of benzene rings is 1. The van der Waals surface area contributed by atoms with Gasteiger partial charge in [0.2, 0.25) is 0 Å². The van der Waals surface area contributed by atoms with Crippen LogP contribution < -0.4 is 22.7 Å². The summed E-state index contributed by atoms with van der Waals surface area (Å²) in [5, 5.41) is 9.06. The molecule has 0 spiro atoms. The van der Waals surface area contributed by atoms with Crippen LogP contribution in [0.25, 0.3) is 11.0 Å². The molecule has 0 aliphatic heterocycles. The van der Waals surface area contributed by atoms with E-state index in [1.165, 1.54) is 0 Å². The lowest BCUT2D eigenvalue weighted by Gasteiger charge is -1.98. The largest absolute Gasteiger partial charge is 1.00 e. The first-order valence-corrected chi connectivity index (χ1v) is 6.12. The van der Waals surface area contributed by atoms with E-state index in [-0.39, 0.29) is 24.8 Å². The van der Waals surface area contributed by atoms with Crippen LogP contribution in [0.15, 0.2) is 18.2 Å². The molecule has 1 aromatic carbocycles. The molecule has 7 heteroatoms. The van der Waals surface area contributed by atoms with Gasteiger partial charge in [-0.3, -0.25) is 0 Å². The van der Waals surface area contributed by atoms with E-state index in [9.17, 15) is 4.79 Å². The van der Waals surface area contributed by atoms with Crippen LogP contribution in [-0.4, -0.2) is 15.6 Å². The number of hydrogen-bond donors (Lipinski definition) is 2. The Hall–Kier alpha value is -1.30. The average molecular weight is 320 g/mol. The summed E-state index contributed by atoms with van der Waals surface area (Å²) in [5.41, 5.74) is 8.08. The molecule has 1 aromatic heterocycles. The van der Waals surface area contributed by atoms with Crippen molar-refractivity contribution in [2.45, 2.75) is 33.5 Å². The van der Waals surface area contributed by atoms with Gasteiger partial charge in [-0.25, -0.2) is 13.9 Å². The third-order valence-corrected chi connectivity index (χ3v) is 3.24. The highest BCUT2D eigenvalue weighted by Crippen LogP contribution is 2.17. The Morgan fingerprint density at radius 2 is 2.05 bits per heavy atom. The zero-order valence-electron chi connectivity index (χ0n) is 11.5. The SMILES string of the molecule is CCn1c(CN)[n+](CC)c2ccc(C(=O)O)cc21.Cl.[Cl-]. The maximum absolute atomic E-state index is 11.0. The molecule has 0 unspecified atom stereocenters. The number of imidazole rings is 1. The lowest BCUT2D eigenvalue weighted by atomic mass is 10.2. The first-order valence-electron chi connectivity index (χ1n) is 6.12. The highest BCUT2D eigenvalue weighted by molar-refractivity contribution is 5.91. The Bertz CT molecular complexity index is 611. The van der Waals surface area contributed by atoms with Crippen molar-refractivity contribution in [3.05, 3.63) is 29.6 Å². The molecule has 0 bridgehead atoms. The Morgan fingerprint density at radius 3 is 2.50 bits per heavy atom. The fourth-order valence-corrected chi connectivity index (χ4v) is 2.45. The number of halogens is 2. The van der Waals surface area contributed by atoms with E-state index in [0.29, 0.717) is 12.1 Å². The molecule has 0 amide bonds. The summed E-state index contributed by atoms with van der Waals surface area (Å²) in [6.45, 7) is 6.13. The molecule has 2 rings (SSSR count). The first kappa shape index (κ1) is 18.7. The van der Waals surface area contributed by atoms with Gasteiger partial charge in [0.1, 0.15) is 0 Å². The van der Waals surface area contributed by atoms with E-state index in [2.05, 4.69) is 16.1 Å². The fourth-order valence-electron chi connectivity index (χ4n) is 2.45. The molecule has 3 N–H and O–H groups in total. The molecular formula is C13H19Cl2N3O2. The molecule has 5 nitrogen and oxygen atoms in total. The summed E-state index contributed by atoms with van der Waals surface area (Å²) in [6.07, 6.45) is 0. The number of aromatic carboxylic acids is 1. The van der Waals surface area contributed by atoms with Gasteiger partial charge in [-0.2, -0.15) is 0 Å². The van der Waals surface area contributed by atoms with Gasteiger partial charge in [-0.1, -0.05) is 0 Å². The minimum atomic E-state index is -0.905. The zero-order chi connectivity index (χ0) is 13.3. The predicted molar refractivity (Wildman–Crippen MR) is 75.6 cm³/mol. The third kappa shape index (κ3) is 2.90. The van der Waals surface area contributed by atoms with Crippen LogP contribution in [0.5, 0.6) is 0 Å². The van der Waals surface area contributed by atoms with Crippen molar-refractivity contribution in [1.29, 1.82) is 0 Å². The standard InChI is InChI=1S/C13H17N3O2.2ClH/c1-3-15-10-6-5-9(13(17)18)7-11(10)16(4-2)12(15)8-14;;/h5-7H,3-4,8,14H2,1-2H3;2*1H. The number of carboxylic acid groups (broad SMARTS) is 1. The molecule has 0 aliphatic carbocycles. The lowest BCUT2D eigenvalue weighted by molar-refractivity contribution is -0.676. The second-order valence-corrected chi connectivity index (χ2v) is 4.12. The molecule has 0 saturated carbocycles. The van der Waals surface area contributed by atoms with Gasteiger partial charge < -0.3 is 23.2 Å². The average Bonchev–Trinajstić information content (AvgIpc) is 2.69. The Kier molecular flexibility index (Phi) is 6.99. The van der Waals surface area contributed by atoms with Crippen molar-refractivity contribution >= 4 is 29.4 Å². The van der Waals surface area contributed by atoms with Gasteiger partial charge in [0.25, 0.3) is 5.82 Å². The third-order valence-electron chi connectivity index (χ3n) is 3.24. The number of aromatic nitrogens is 2. The van der Waals surface area contributed by atoms with Crippen LogP contribution >= 0.6 is 12.4 Å². The van der Waals surface area contributed by atoms with E-state index >= 15 is 0 Å². The van der Waals surface area contributed by atoms with Gasteiger partial charge in [0.15, 0.2) is 11.0 Å². The van der Waals surface area contributed by atoms with Crippen molar-refractivity contribution in [3.63, 3.8) is 0 Å². The number of fused-ring (bicyclic) bond motifs is 1. The molecule has 0 aliphatic rings. The van der Waals surface area contributed by atoms with Crippen molar-refractivity contribution in [3.8, 4) is 0 Å². The van der Waals surface area contributed by atoms with Gasteiger partial charge in [0, 0.05) is 6.07 Å². The van der Waals surface area contributed by atoms with Gasteiger partial charge >= 0.3 is 5.97 Å². The summed E-state index contributed by atoms with van der Waals surface area (Å²) in [7, 11) is 0. The second-order valence-electron chi connectivity index (χ2n) is 4.12. The summed E-state index contributed by atoms with van der Waals surface area (Å²) in [5.74, 6) is 0.121. The molecule has 20 heavy (non-hydrogen) atoms. The van der Waals surface area contributed by atoms with E-state index in [0.717, 1.165) is 29.9 Å². The summed E-state index contributed by atoms with van der Waals surface area (Å²) in [4.78, 5) is 11.0. The minimum Gasteiger partial charge on any atom is -1.00 e. The van der Waals surface area contributed by atoms with Crippen LogP contribution in [0.1, 0.15) is 30.0 Å². The Morgan fingerprint density at radius 1 is 1.40 bits per heavy atom. The number of rotatable bonds is 4. The topological polar surface area (TPSA) is 72.1 Å². The summed E-state index contributed by atoms with van der Waals surface area (Å²) >= 11 is 0. The Labute approximate surface area is 130 Å². The number of nitrogens with zero attached hydrogens (tertiary/aromatic N) is 2. The maximum Gasteiger partial charge on any atom is 0.335 e. The summed E-state index contributed by atoms with van der Waals surface area (Å²) in [6, 6.07) is 5.21. The van der Waals surface area contributed by atoms with E-state index in [1.807, 2.05) is 13.0 Å². The number of aryl methyl sites for hydroxylation is 2. The van der Waals surface area contributed by atoms with Crippen LogP contribution in [0.4, 0.5) is 0 Å². The molecule has 0 saturated heterocycles. The van der Waals surface area contributed by atoms with Crippen LogP contribution in [0.3, 0.4) is 0 Å². The van der Waals surface area contributed by atoms with Crippen LogP contribution in [0, 0.1) is 0 Å². The quantitative estimate of drug-likeness (QED) is 0.677. The summed E-state index contributed by atoms with van der Waals surface area (Å²) < 4.78 is 4.20. The first-order chi connectivity index (χ1) is 8.63. The van der Waals surface area contributed by atoms with Crippen LogP contribution in [-0.2, 0) is 19.6 Å². The molecule has 0 atom stereocenters. The van der Waals surface area contributed by atoms with Crippen molar-refractivity contribution in [2.24, 2.45) is 5.73 Å². The van der Waals surface area contributed by atoms with Crippen molar-refractivity contribution in [2.75, 3.05) is 0 Å². The minimum absolute atomic E-state index is 0. The molecule has 1 heterocycles. The molecule has 2 aromatic rings. The number of nitrogens with two attached hydrogens (primary N) is 1. The van der Waals surface area contributed by atoms with Crippen molar-refractivity contribution < 1.29 is 26.9 Å². The normalized spacial score (nSPS) is 9.95. The molecule has 0 fully saturated rings. The van der Waals surface area contributed by atoms with E-state index in [4.69, 9.17) is 10.8 Å². The van der Waals surface area contributed by atoms with Crippen LogP contribution in [0.2, 0.25) is 0 Å². The van der Waals surface area contributed by atoms with Gasteiger partial charge in [-0.15, -0.1) is 12.4 Å².